The predicted molar refractivity (Wildman–Crippen MR) is 90.0 cm³/mol. The summed E-state index contributed by atoms with van der Waals surface area (Å²) < 4.78 is 5.23. The standard InChI is InChI=1S/C16H20ClN5O/c1-11-6-8-22(9-7-11)16(18)19-10-14-20-15(21-23-14)12-2-4-13(17)5-3-12/h2-5,11H,6-10H2,1H3,(H2,18,19). The predicted octanol–water partition coefficient (Wildman–Crippen LogP) is 2.94. The van der Waals surface area contributed by atoms with E-state index >= 15 is 0 Å². The molecule has 0 atom stereocenters. The zero-order valence-corrected chi connectivity index (χ0v) is 13.8. The molecule has 3 rings (SSSR count). The Hall–Kier alpha value is -2.08. The van der Waals surface area contributed by atoms with Crippen molar-refractivity contribution in [2.45, 2.75) is 26.3 Å². The van der Waals surface area contributed by atoms with Gasteiger partial charge in [0.1, 0.15) is 6.54 Å². The van der Waals surface area contributed by atoms with Crippen LogP contribution in [0.15, 0.2) is 33.8 Å². The third kappa shape index (κ3) is 4.01. The molecule has 1 aromatic carbocycles. The number of benzene rings is 1. The molecule has 1 aromatic heterocycles. The highest BCUT2D eigenvalue weighted by atomic mass is 35.5. The maximum atomic E-state index is 6.05. The molecule has 0 unspecified atom stereocenters. The van der Waals surface area contributed by atoms with E-state index in [1.54, 1.807) is 12.1 Å². The number of nitrogens with two attached hydrogens (primary N) is 1. The van der Waals surface area contributed by atoms with E-state index in [1.165, 1.54) is 0 Å². The van der Waals surface area contributed by atoms with E-state index in [1.807, 2.05) is 12.1 Å². The minimum atomic E-state index is 0.290. The summed E-state index contributed by atoms with van der Waals surface area (Å²) in [5.74, 6) is 2.28. The van der Waals surface area contributed by atoms with Crippen molar-refractivity contribution in [2.75, 3.05) is 13.1 Å². The minimum absolute atomic E-state index is 0.290. The lowest BCUT2D eigenvalue weighted by atomic mass is 10.00. The van der Waals surface area contributed by atoms with Crippen molar-refractivity contribution in [3.8, 4) is 11.4 Å². The number of piperidine rings is 1. The van der Waals surface area contributed by atoms with Crippen LogP contribution in [0.4, 0.5) is 0 Å². The first-order chi connectivity index (χ1) is 11.1. The van der Waals surface area contributed by atoms with Crippen molar-refractivity contribution in [2.24, 2.45) is 16.6 Å². The molecule has 0 saturated carbocycles. The number of likely N-dealkylation sites (tertiary alicyclic amines) is 1. The van der Waals surface area contributed by atoms with Crippen LogP contribution in [0, 0.1) is 5.92 Å². The van der Waals surface area contributed by atoms with Crippen molar-refractivity contribution in [3.05, 3.63) is 35.2 Å². The van der Waals surface area contributed by atoms with E-state index in [4.69, 9.17) is 21.9 Å². The van der Waals surface area contributed by atoms with E-state index < -0.39 is 0 Å². The fraction of sp³-hybridized carbons (Fsp3) is 0.438. The number of hydrogen-bond donors (Lipinski definition) is 1. The fourth-order valence-corrected chi connectivity index (χ4v) is 2.65. The smallest absolute Gasteiger partial charge is 0.248 e. The highest BCUT2D eigenvalue weighted by molar-refractivity contribution is 6.30. The molecule has 0 aliphatic carbocycles. The SMILES string of the molecule is CC1CCN(C(N)=NCc2nc(-c3ccc(Cl)cc3)no2)CC1. The van der Waals surface area contributed by atoms with Crippen LogP contribution in [0.1, 0.15) is 25.7 Å². The summed E-state index contributed by atoms with van der Waals surface area (Å²) >= 11 is 5.87. The Labute approximate surface area is 140 Å². The Morgan fingerprint density at radius 3 is 2.74 bits per heavy atom. The van der Waals surface area contributed by atoms with Gasteiger partial charge >= 0.3 is 0 Å². The van der Waals surface area contributed by atoms with Gasteiger partial charge < -0.3 is 15.2 Å². The van der Waals surface area contributed by atoms with E-state index in [0.29, 0.717) is 29.2 Å². The third-order valence-electron chi connectivity index (χ3n) is 4.05. The lowest BCUT2D eigenvalue weighted by molar-refractivity contribution is 0.277. The van der Waals surface area contributed by atoms with Crippen molar-refractivity contribution in [3.63, 3.8) is 0 Å². The molecule has 1 fully saturated rings. The van der Waals surface area contributed by atoms with Crippen molar-refractivity contribution in [1.29, 1.82) is 0 Å². The van der Waals surface area contributed by atoms with Crippen LogP contribution in [0.5, 0.6) is 0 Å². The van der Waals surface area contributed by atoms with Crippen LogP contribution in [0.25, 0.3) is 11.4 Å². The molecule has 2 N–H and O–H groups in total. The number of hydrogen-bond acceptors (Lipinski definition) is 4. The van der Waals surface area contributed by atoms with Crippen LogP contribution in [0.3, 0.4) is 0 Å². The Bertz CT molecular complexity index is 674. The molecule has 1 saturated heterocycles. The molecule has 7 heteroatoms. The zero-order chi connectivity index (χ0) is 16.2. The Morgan fingerprint density at radius 2 is 2.04 bits per heavy atom. The zero-order valence-electron chi connectivity index (χ0n) is 13.1. The molecule has 0 amide bonds. The molecule has 122 valence electrons. The van der Waals surface area contributed by atoms with E-state index in [2.05, 4.69) is 27.0 Å². The van der Waals surface area contributed by atoms with Gasteiger partial charge in [0, 0.05) is 23.7 Å². The molecule has 0 bridgehead atoms. The van der Waals surface area contributed by atoms with Crippen LogP contribution in [-0.4, -0.2) is 34.1 Å². The maximum absolute atomic E-state index is 6.05. The van der Waals surface area contributed by atoms with Crippen LogP contribution in [0.2, 0.25) is 5.02 Å². The Balaban J connectivity index is 1.62. The van der Waals surface area contributed by atoms with Crippen molar-refractivity contribution in [1.82, 2.24) is 15.0 Å². The quantitative estimate of drug-likeness (QED) is 0.690. The molecule has 2 heterocycles. The van der Waals surface area contributed by atoms with Crippen LogP contribution < -0.4 is 5.73 Å². The number of rotatable bonds is 3. The first-order valence-corrected chi connectivity index (χ1v) is 8.13. The summed E-state index contributed by atoms with van der Waals surface area (Å²) in [5.41, 5.74) is 6.90. The lowest BCUT2D eigenvalue weighted by Gasteiger charge is -2.30. The summed E-state index contributed by atoms with van der Waals surface area (Å²) in [4.78, 5) is 10.8. The third-order valence-corrected chi connectivity index (χ3v) is 4.31. The van der Waals surface area contributed by atoms with Crippen molar-refractivity contribution >= 4 is 17.6 Å². The summed E-state index contributed by atoms with van der Waals surface area (Å²) in [5, 5.41) is 4.64. The number of halogens is 1. The summed E-state index contributed by atoms with van der Waals surface area (Å²) in [7, 11) is 0. The number of aromatic nitrogens is 2. The van der Waals surface area contributed by atoms with Crippen LogP contribution in [-0.2, 0) is 6.54 Å². The molecular weight excluding hydrogens is 314 g/mol. The van der Waals surface area contributed by atoms with E-state index in [-0.39, 0.29) is 0 Å². The minimum Gasteiger partial charge on any atom is -0.370 e. The topological polar surface area (TPSA) is 80.5 Å². The lowest BCUT2D eigenvalue weighted by Crippen LogP contribution is -2.42. The highest BCUT2D eigenvalue weighted by Crippen LogP contribution is 2.19. The van der Waals surface area contributed by atoms with Crippen LogP contribution >= 0.6 is 11.6 Å². The van der Waals surface area contributed by atoms with Gasteiger partial charge in [0.15, 0.2) is 5.96 Å². The number of aliphatic imine (C=N–C) groups is 1. The van der Waals surface area contributed by atoms with Gasteiger partial charge in [-0.1, -0.05) is 23.7 Å². The van der Waals surface area contributed by atoms with E-state index in [9.17, 15) is 0 Å². The van der Waals surface area contributed by atoms with Gasteiger partial charge in [0.25, 0.3) is 0 Å². The van der Waals surface area contributed by atoms with Gasteiger partial charge in [-0.15, -0.1) is 0 Å². The molecular formula is C16H20ClN5O. The monoisotopic (exact) mass is 333 g/mol. The van der Waals surface area contributed by atoms with E-state index in [0.717, 1.165) is 37.4 Å². The average Bonchev–Trinajstić information content (AvgIpc) is 3.03. The fourth-order valence-electron chi connectivity index (χ4n) is 2.52. The highest BCUT2D eigenvalue weighted by Gasteiger charge is 2.17. The first kappa shape index (κ1) is 15.8. The van der Waals surface area contributed by atoms with Gasteiger partial charge in [-0.3, -0.25) is 0 Å². The Morgan fingerprint density at radius 1 is 1.35 bits per heavy atom. The molecule has 6 nitrogen and oxygen atoms in total. The Kier molecular flexibility index (Phi) is 4.81. The van der Waals surface area contributed by atoms with Gasteiger partial charge in [0.2, 0.25) is 11.7 Å². The van der Waals surface area contributed by atoms with Gasteiger partial charge in [0.05, 0.1) is 0 Å². The van der Waals surface area contributed by atoms with Crippen molar-refractivity contribution < 1.29 is 4.52 Å². The normalized spacial score (nSPS) is 16.8. The molecule has 1 aliphatic rings. The number of guanidine groups is 1. The number of nitrogens with zero attached hydrogens (tertiary/aromatic N) is 4. The first-order valence-electron chi connectivity index (χ1n) is 7.75. The molecule has 2 aromatic rings. The van der Waals surface area contributed by atoms with Gasteiger partial charge in [-0.2, -0.15) is 4.98 Å². The summed E-state index contributed by atoms with van der Waals surface area (Å²) in [6.45, 7) is 4.46. The second-order valence-corrected chi connectivity index (χ2v) is 6.30. The second-order valence-electron chi connectivity index (χ2n) is 5.86. The summed E-state index contributed by atoms with van der Waals surface area (Å²) in [6, 6.07) is 7.29. The van der Waals surface area contributed by atoms with Gasteiger partial charge in [-0.05, 0) is 43.0 Å². The molecule has 23 heavy (non-hydrogen) atoms. The molecule has 0 radical (unpaired) electrons. The summed E-state index contributed by atoms with van der Waals surface area (Å²) in [6.07, 6.45) is 2.30. The molecule has 0 spiro atoms. The van der Waals surface area contributed by atoms with Gasteiger partial charge in [-0.25, -0.2) is 4.99 Å². The maximum Gasteiger partial charge on any atom is 0.248 e. The second kappa shape index (κ2) is 7.00. The average molecular weight is 334 g/mol. The molecule has 1 aliphatic heterocycles. The largest absolute Gasteiger partial charge is 0.370 e.